The van der Waals surface area contributed by atoms with Crippen LogP contribution in [0.4, 0.5) is 11.5 Å². The molecule has 2 aromatic heterocycles. The number of anilines is 2. The van der Waals surface area contributed by atoms with E-state index in [1.54, 1.807) is 0 Å². The van der Waals surface area contributed by atoms with Crippen LogP contribution in [-0.4, -0.2) is 88.6 Å². The van der Waals surface area contributed by atoms with Crippen molar-refractivity contribution in [1.82, 2.24) is 35.0 Å². The van der Waals surface area contributed by atoms with E-state index < -0.39 is 0 Å². The Hall–Kier alpha value is -2.91. The van der Waals surface area contributed by atoms with E-state index in [0.717, 1.165) is 100 Å². The van der Waals surface area contributed by atoms with Gasteiger partial charge in [0.05, 0.1) is 6.04 Å². The molecular formula is C28H36N8. The first-order chi connectivity index (χ1) is 17.8. The predicted octanol–water partition coefficient (Wildman–Crippen LogP) is 3.14. The zero-order chi connectivity index (χ0) is 24.2. The minimum absolute atomic E-state index is 0.317. The first kappa shape index (κ1) is 23.5. The normalized spacial score (nSPS) is 25.3. The molecule has 8 heteroatoms. The molecule has 2 fully saturated rings. The summed E-state index contributed by atoms with van der Waals surface area (Å²) in [6.07, 6.45) is 8.12. The Balaban J connectivity index is 1.25. The van der Waals surface area contributed by atoms with Gasteiger partial charge in [-0.2, -0.15) is 0 Å². The van der Waals surface area contributed by atoms with Crippen LogP contribution in [0, 0.1) is 0 Å². The molecule has 2 N–H and O–H groups in total. The highest BCUT2D eigenvalue weighted by molar-refractivity contribution is 5.67. The first-order valence-electron chi connectivity index (χ1n) is 13.3. The molecule has 8 bridgehead atoms. The topological polar surface area (TPSA) is 72.4 Å². The molecular weight excluding hydrogens is 448 g/mol. The van der Waals surface area contributed by atoms with Gasteiger partial charge in [0.1, 0.15) is 11.6 Å². The van der Waals surface area contributed by atoms with E-state index in [9.17, 15) is 0 Å². The van der Waals surface area contributed by atoms with Gasteiger partial charge in [-0.3, -0.25) is 14.7 Å². The lowest BCUT2D eigenvalue weighted by molar-refractivity contribution is 0.127. The molecule has 8 nitrogen and oxygen atoms in total. The third-order valence-electron chi connectivity index (χ3n) is 7.68. The van der Waals surface area contributed by atoms with Crippen LogP contribution in [0.25, 0.3) is 11.1 Å². The lowest BCUT2D eigenvalue weighted by Gasteiger charge is -2.34. The van der Waals surface area contributed by atoms with Crippen LogP contribution in [0.5, 0.6) is 0 Å². The fourth-order valence-corrected chi connectivity index (χ4v) is 5.63. The molecule has 2 saturated heterocycles. The molecule has 0 radical (unpaired) electrons. The first-order valence-corrected chi connectivity index (χ1v) is 13.3. The fourth-order valence-electron chi connectivity index (χ4n) is 5.63. The molecule has 0 amide bonds. The van der Waals surface area contributed by atoms with Gasteiger partial charge in [-0.15, -0.1) is 0 Å². The van der Waals surface area contributed by atoms with Gasteiger partial charge < -0.3 is 10.6 Å². The van der Waals surface area contributed by atoms with Crippen molar-refractivity contribution in [1.29, 1.82) is 0 Å². The molecule has 0 saturated carbocycles. The second-order valence-electron chi connectivity index (χ2n) is 10.1. The lowest BCUT2D eigenvalue weighted by Crippen LogP contribution is -2.48. The largest absolute Gasteiger partial charge is 0.340 e. The van der Waals surface area contributed by atoms with Crippen LogP contribution in [0.2, 0.25) is 0 Å². The molecule has 188 valence electrons. The van der Waals surface area contributed by atoms with Gasteiger partial charge >= 0.3 is 0 Å². The third kappa shape index (κ3) is 5.57. The zero-order valence-electron chi connectivity index (χ0n) is 20.9. The summed E-state index contributed by atoms with van der Waals surface area (Å²) >= 11 is 0. The van der Waals surface area contributed by atoms with Crippen molar-refractivity contribution < 1.29 is 0 Å². The molecule has 1 unspecified atom stereocenters. The molecule has 6 aliphatic rings. The second-order valence-corrected chi connectivity index (χ2v) is 10.1. The van der Waals surface area contributed by atoms with Gasteiger partial charge in [-0.25, -0.2) is 15.0 Å². The second kappa shape index (κ2) is 11.0. The van der Waals surface area contributed by atoms with E-state index in [4.69, 9.17) is 9.97 Å². The molecule has 3 aromatic rings. The zero-order valence-corrected chi connectivity index (χ0v) is 20.9. The van der Waals surface area contributed by atoms with E-state index in [2.05, 4.69) is 60.6 Å². The van der Waals surface area contributed by atoms with Crippen molar-refractivity contribution in [3.05, 3.63) is 66.4 Å². The molecule has 1 aromatic carbocycles. The Bertz CT molecular complexity index is 1140. The van der Waals surface area contributed by atoms with Crippen LogP contribution < -0.4 is 10.6 Å². The van der Waals surface area contributed by atoms with Crippen LogP contribution in [0.3, 0.4) is 0 Å². The molecule has 36 heavy (non-hydrogen) atoms. The molecule has 9 rings (SSSR count). The van der Waals surface area contributed by atoms with Crippen LogP contribution >= 0.6 is 0 Å². The number of rotatable bonds is 0. The smallest absolute Gasteiger partial charge is 0.145 e. The highest BCUT2D eigenvalue weighted by atomic mass is 15.3. The quantitative estimate of drug-likeness (QED) is 0.504. The monoisotopic (exact) mass is 484 g/mol. The maximum absolute atomic E-state index is 4.80. The maximum atomic E-state index is 4.80. The predicted molar refractivity (Wildman–Crippen MR) is 143 cm³/mol. The Labute approximate surface area is 213 Å². The molecule has 8 heterocycles. The van der Waals surface area contributed by atoms with Gasteiger partial charge in [0.15, 0.2) is 0 Å². The van der Waals surface area contributed by atoms with Gasteiger partial charge in [0, 0.05) is 88.7 Å². The van der Waals surface area contributed by atoms with E-state index in [0.29, 0.717) is 6.04 Å². The van der Waals surface area contributed by atoms with Crippen molar-refractivity contribution in [3.8, 4) is 11.1 Å². The summed E-state index contributed by atoms with van der Waals surface area (Å²) in [5.74, 6) is 1.77. The number of pyridine rings is 1. The Morgan fingerprint density at radius 3 is 2.50 bits per heavy atom. The molecule has 6 aliphatic heterocycles. The summed E-state index contributed by atoms with van der Waals surface area (Å²) in [7, 11) is 0. The van der Waals surface area contributed by atoms with Gasteiger partial charge in [0.2, 0.25) is 0 Å². The summed E-state index contributed by atoms with van der Waals surface area (Å²) < 4.78 is 0. The standard InChI is InChI=1S/C28H36N8/c1-3-22-17-25(4-1)33-27-18-23(6-7-30-27)24-19-31-28(32-20-24)26-5-2-10-36(26)12-9-29-8-11-34-13-15-35(21-22)16-14-34/h1,3-4,6-7,17-20,26,29H,2,5,8-16,21H2,(H,30,33). The molecule has 0 aliphatic carbocycles. The highest BCUT2D eigenvalue weighted by Gasteiger charge is 2.27. The van der Waals surface area contributed by atoms with Gasteiger partial charge in [-0.1, -0.05) is 12.1 Å². The Kier molecular flexibility index (Phi) is 7.18. The number of nitrogens with one attached hydrogen (secondary N) is 2. The number of benzene rings is 1. The average Bonchev–Trinajstić information content (AvgIpc) is 3.38. The molecule has 0 spiro atoms. The summed E-state index contributed by atoms with van der Waals surface area (Å²) in [5, 5.41) is 7.17. The van der Waals surface area contributed by atoms with Gasteiger partial charge in [-0.05, 0) is 54.8 Å². The van der Waals surface area contributed by atoms with E-state index >= 15 is 0 Å². The Morgan fingerprint density at radius 2 is 1.61 bits per heavy atom. The van der Waals surface area contributed by atoms with Crippen LogP contribution in [0.15, 0.2) is 55.0 Å². The lowest BCUT2D eigenvalue weighted by atomic mass is 10.1. The number of piperazine rings is 1. The Morgan fingerprint density at radius 1 is 0.778 bits per heavy atom. The number of hydrogen-bond acceptors (Lipinski definition) is 8. The summed E-state index contributed by atoms with van der Waals surface area (Å²) in [4.78, 5) is 21.9. The molecule has 1 atom stereocenters. The van der Waals surface area contributed by atoms with Crippen molar-refractivity contribution >= 4 is 11.5 Å². The number of aromatic nitrogens is 3. The van der Waals surface area contributed by atoms with Crippen molar-refractivity contribution in [2.24, 2.45) is 0 Å². The number of nitrogens with zero attached hydrogens (tertiary/aromatic N) is 6. The van der Waals surface area contributed by atoms with Crippen LogP contribution in [-0.2, 0) is 6.54 Å². The SMILES string of the molecule is c1cc2cc(c1)Nc1cc(ccn1)-c1cnc(nc1)C1CCCN1CCNCCN1CCN(CC1)C2. The van der Waals surface area contributed by atoms with Crippen molar-refractivity contribution in [2.45, 2.75) is 25.4 Å². The number of hydrogen-bond donors (Lipinski definition) is 2. The van der Waals surface area contributed by atoms with E-state index in [1.807, 2.05) is 24.7 Å². The minimum atomic E-state index is 0.317. The highest BCUT2D eigenvalue weighted by Crippen LogP contribution is 2.30. The van der Waals surface area contributed by atoms with Gasteiger partial charge in [0.25, 0.3) is 0 Å². The van der Waals surface area contributed by atoms with Crippen LogP contribution in [0.1, 0.15) is 30.3 Å². The minimum Gasteiger partial charge on any atom is -0.340 e. The average molecular weight is 485 g/mol. The van der Waals surface area contributed by atoms with Crippen molar-refractivity contribution in [2.75, 3.05) is 64.2 Å². The van der Waals surface area contributed by atoms with Crippen molar-refractivity contribution in [3.63, 3.8) is 0 Å². The third-order valence-corrected chi connectivity index (χ3v) is 7.68. The summed E-state index contributed by atoms with van der Waals surface area (Å²) in [6.45, 7) is 10.8. The van der Waals surface area contributed by atoms with E-state index in [1.165, 1.54) is 12.0 Å². The maximum Gasteiger partial charge on any atom is 0.145 e. The fraction of sp³-hybridized carbons (Fsp3) is 0.464. The summed E-state index contributed by atoms with van der Waals surface area (Å²) in [6, 6.07) is 13.1. The summed E-state index contributed by atoms with van der Waals surface area (Å²) in [5.41, 5.74) is 4.47. The van der Waals surface area contributed by atoms with E-state index in [-0.39, 0.29) is 0 Å².